The van der Waals surface area contributed by atoms with Gasteiger partial charge in [0.05, 0.1) is 6.17 Å². The largest absolute Gasteiger partial charge is 0.312 e. The third-order valence-corrected chi connectivity index (χ3v) is 2.37. The van der Waals surface area contributed by atoms with E-state index in [9.17, 15) is 0 Å². The van der Waals surface area contributed by atoms with Crippen LogP contribution in [-0.4, -0.2) is 43.8 Å². The van der Waals surface area contributed by atoms with Crippen LogP contribution in [0.25, 0.3) is 0 Å². The zero-order valence-corrected chi connectivity index (χ0v) is 7.72. The molecule has 1 fully saturated rings. The smallest absolute Gasteiger partial charge is 0.0566 e. The highest BCUT2D eigenvalue weighted by atomic mass is 15.3. The molecular formula is C8H19N3. The van der Waals surface area contributed by atoms with Crippen molar-refractivity contribution in [1.29, 1.82) is 0 Å². The van der Waals surface area contributed by atoms with Gasteiger partial charge in [0.15, 0.2) is 0 Å². The Morgan fingerprint density at radius 3 is 2.91 bits per heavy atom. The molecule has 0 spiro atoms. The molecule has 0 amide bonds. The molecule has 1 saturated heterocycles. The van der Waals surface area contributed by atoms with Crippen LogP contribution in [0, 0.1) is 0 Å². The summed E-state index contributed by atoms with van der Waals surface area (Å²) < 4.78 is 0. The van der Waals surface area contributed by atoms with E-state index in [1.54, 1.807) is 0 Å². The van der Waals surface area contributed by atoms with E-state index in [2.05, 4.69) is 29.4 Å². The van der Waals surface area contributed by atoms with E-state index in [0.29, 0.717) is 12.2 Å². The van der Waals surface area contributed by atoms with Gasteiger partial charge in [0, 0.05) is 25.7 Å². The Hall–Kier alpha value is -0.120. The number of nitrogens with zero attached hydrogens (tertiary/aromatic N) is 1. The minimum Gasteiger partial charge on any atom is -0.312 e. The van der Waals surface area contributed by atoms with Gasteiger partial charge in [-0.1, -0.05) is 0 Å². The Bertz CT molecular complexity index is 116. The van der Waals surface area contributed by atoms with Crippen molar-refractivity contribution >= 4 is 0 Å². The number of nitrogens with one attached hydrogen (secondary N) is 2. The first-order valence-electron chi connectivity index (χ1n) is 4.38. The summed E-state index contributed by atoms with van der Waals surface area (Å²) in [7, 11) is 2.01. The Balaban J connectivity index is 2.33. The predicted molar refractivity (Wildman–Crippen MR) is 47.6 cm³/mol. The second-order valence-electron chi connectivity index (χ2n) is 3.31. The maximum absolute atomic E-state index is 3.42. The Morgan fingerprint density at radius 1 is 1.64 bits per heavy atom. The predicted octanol–water partition coefficient (Wildman–Crippen LogP) is -0.155. The van der Waals surface area contributed by atoms with Crippen LogP contribution in [0.1, 0.15) is 13.8 Å². The second kappa shape index (κ2) is 4.04. The zero-order chi connectivity index (χ0) is 8.27. The number of hydrogen-bond donors (Lipinski definition) is 2. The molecule has 3 heteroatoms. The Labute approximate surface area is 69.1 Å². The minimum atomic E-state index is 0.513. The van der Waals surface area contributed by atoms with Gasteiger partial charge in [-0.3, -0.25) is 4.90 Å². The molecule has 1 aliphatic heterocycles. The van der Waals surface area contributed by atoms with Gasteiger partial charge in [0.25, 0.3) is 0 Å². The van der Waals surface area contributed by atoms with Crippen molar-refractivity contribution in [3.8, 4) is 0 Å². The molecule has 1 aliphatic rings. The van der Waals surface area contributed by atoms with Crippen molar-refractivity contribution in [2.75, 3.05) is 26.7 Å². The normalized spacial score (nSPS) is 30.3. The molecule has 0 aromatic carbocycles. The van der Waals surface area contributed by atoms with E-state index < -0.39 is 0 Å². The molecule has 0 bridgehead atoms. The fourth-order valence-electron chi connectivity index (χ4n) is 1.50. The maximum atomic E-state index is 3.42. The van der Waals surface area contributed by atoms with Crippen LogP contribution < -0.4 is 10.6 Å². The molecule has 0 aliphatic carbocycles. The second-order valence-corrected chi connectivity index (χ2v) is 3.31. The van der Waals surface area contributed by atoms with E-state index >= 15 is 0 Å². The molecule has 2 unspecified atom stereocenters. The highest BCUT2D eigenvalue weighted by molar-refractivity contribution is 4.76. The van der Waals surface area contributed by atoms with Crippen LogP contribution in [-0.2, 0) is 0 Å². The SMILES string of the molecule is CNC(C)N1CCNC(C)C1. The molecule has 1 rings (SSSR count). The number of piperazine rings is 1. The summed E-state index contributed by atoms with van der Waals surface area (Å²) in [4.78, 5) is 2.46. The standard InChI is InChI=1S/C8H19N3/c1-7-6-11(5-4-10-7)8(2)9-3/h7-10H,4-6H2,1-3H3. The zero-order valence-electron chi connectivity index (χ0n) is 7.72. The highest BCUT2D eigenvalue weighted by Gasteiger charge is 2.18. The maximum Gasteiger partial charge on any atom is 0.0566 e. The van der Waals surface area contributed by atoms with Crippen LogP contribution >= 0.6 is 0 Å². The van der Waals surface area contributed by atoms with Gasteiger partial charge in [-0.25, -0.2) is 0 Å². The molecule has 66 valence electrons. The monoisotopic (exact) mass is 157 g/mol. The van der Waals surface area contributed by atoms with Crippen LogP contribution in [0.3, 0.4) is 0 Å². The molecule has 0 aromatic rings. The summed E-state index contributed by atoms with van der Waals surface area (Å²) in [5.74, 6) is 0. The molecule has 0 saturated carbocycles. The van der Waals surface area contributed by atoms with Gasteiger partial charge < -0.3 is 10.6 Å². The molecule has 11 heavy (non-hydrogen) atoms. The van der Waals surface area contributed by atoms with E-state index in [4.69, 9.17) is 0 Å². The lowest BCUT2D eigenvalue weighted by atomic mass is 10.2. The average Bonchev–Trinajstić information content (AvgIpc) is 2.03. The Morgan fingerprint density at radius 2 is 2.36 bits per heavy atom. The van der Waals surface area contributed by atoms with E-state index in [1.807, 2.05) is 7.05 Å². The topological polar surface area (TPSA) is 27.3 Å². The van der Waals surface area contributed by atoms with E-state index in [1.165, 1.54) is 0 Å². The van der Waals surface area contributed by atoms with Crippen molar-refractivity contribution in [2.24, 2.45) is 0 Å². The molecule has 2 atom stereocenters. The van der Waals surface area contributed by atoms with Crippen LogP contribution in [0.2, 0.25) is 0 Å². The summed E-state index contributed by atoms with van der Waals surface area (Å²) in [5, 5.41) is 6.67. The summed E-state index contributed by atoms with van der Waals surface area (Å²) in [6.07, 6.45) is 0.513. The summed E-state index contributed by atoms with van der Waals surface area (Å²) in [6, 6.07) is 0.638. The van der Waals surface area contributed by atoms with Crippen molar-refractivity contribution < 1.29 is 0 Å². The first kappa shape index (κ1) is 8.97. The molecule has 3 nitrogen and oxygen atoms in total. The first-order chi connectivity index (χ1) is 5.24. The van der Waals surface area contributed by atoms with Gasteiger partial charge in [0.1, 0.15) is 0 Å². The van der Waals surface area contributed by atoms with E-state index in [0.717, 1.165) is 19.6 Å². The lowest BCUT2D eigenvalue weighted by Gasteiger charge is -2.35. The lowest BCUT2D eigenvalue weighted by Crippen LogP contribution is -2.55. The van der Waals surface area contributed by atoms with Gasteiger partial charge in [-0.05, 0) is 20.9 Å². The molecule has 0 radical (unpaired) electrons. The average molecular weight is 157 g/mol. The number of rotatable bonds is 2. The lowest BCUT2D eigenvalue weighted by molar-refractivity contribution is 0.141. The number of hydrogen-bond acceptors (Lipinski definition) is 3. The summed E-state index contributed by atoms with van der Waals surface area (Å²) in [6.45, 7) is 7.87. The van der Waals surface area contributed by atoms with Crippen LogP contribution in [0.5, 0.6) is 0 Å². The van der Waals surface area contributed by atoms with Crippen molar-refractivity contribution in [1.82, 2.24) is 15.5 Å². The van der Waals surface area contributed by atoms with Gasteiger partial charge >= 0.3 is 0 Å². The third-order valence-electron chi connectivity index (χ3n) is 2.37. The van der Waals surface area contributed by atoms with Crippen molar-refractivity contribution in [3.63, 3.8) is 0 Å². The molecule has 0 aromatic heterocycles. The highest BCUT2D eigenvalue weighted by Crippen LogP contribution is 2.01. The van der Waals surface area contributed by atoms with Crippen LogP contribution in [0.15, 0.2) is 0 Å². The fourth-order valence-corrected chi connectivity index (χ4v) is 1.50. The minimum absolute atomic E-state index is 0.513. The van der Waals surface area contributed by atoms with Gasteiger partial charge in [0.2, 0.25) is 0 Å². The van der Waals surface area contributed by atoms with Crippen LogP contribution in [0.4, 0.5) is 0 Å². The summed E-state index contributed by atoms with van der Waals surface area (Å²) >= 11 is 0. The van der Waals surface area contributed by atoms with Gasteiger partial charge in [-0.2, -0.15) is 0 Å². The fraction of sp³-hybridized carbons (Fsp3) is 1.00. The molecule has 1 heterocycles. The molecule has 2 N–H and O–H groups in total. The first-order valence-corrected chi connectivity index (χ1v) is 4.38. The van der Waals surface area contributed by atoms with Gasteiger partial charge in [-0.15, -0.1) is 0 Å². The van der Waals surface area contributed by atoms with E-state index in [-0.39, 0.29) is 0 Å². The quantitative estimate of drug-likeness (QED) is 0.583. The Kier molecular flexibility index (Phi) is 3.30. The molecular weight excluding hydrogens is 138 g/mol. The van der Waals surface area contributed by atoms with Crippen molar-refractivity contribution in [2.45, 2.75) is 26.1 Å². The summed E-state index contributed by atoms with van der Waals surface area (Å²) in [5.41, 5.74) is 0. The van der Waals surface area contributed by atoms with Crippen molar-refractivity contribution in [3.05, 3.63) is 0 Å². The third kappa shape index (κ3) is 2.43.